The van der Waals surface area contributed by atoms with E-state index in [1.54, 1.807) is 0 Å². The first-order chi connectivity index (χ1) is 12.2. The van der Waals surface area contributed by atoms with Gasteiger partial charge < -0.3 is 14.6 Å². The largest absolute Gasteiger partial charge is 0.491 e. The van der Waals surface area contributed by atoms with Gasteiger partial charge in [0, 0.05) is 6.42 Å². The van der Waals surface area contributed by atoms with Crippen LogP contribution < -0.4 is 4.74 Å². The van der Waals surface area contributed by atoms with Crippen LogP contribution >= 0.6 is 0 Å². The van der Waals surface area contributed by atoms with E-state index in [1.807, 2.05) is 42.5 Å². The van der Waals surface area contributed by atoms with Crippen LogP contribution in [0.5, 0.6) is 5.75 Å². The standard InChI is InChI=1S/C21H24O4/c22-21(23)14-17-9-10-18-7-4-8-20(19(18)13-17)25-12-11-24-15-16-5-2-1-3-6-16/h1-8,17H,9-15H2,(H,22,23). The Labute approximate surface area is 148 Å². The highest BCUT2D eigenvalue weighted by molar-refractivity contribution is 5.67. The van der Waals surface area contributed by atoms with E-state index in [2.05, 4.69) is 6.07 Å². The third kappa shape index (κ3) is 5.07. The van der Waals surface area contributed by atoms with Crippen molar-refractivity contribution in [3.63, 3.8) is 0 Å². The van der Waals surface area contributed by atoms with Crippen LogP contribution in [-0.4, -0.2) is 24.3 Å². The summed E-state index contributed by atoms with van der Waals surface area (Å²) < 4.78 is 11.6. The SMILES string of the molecule is O=C(O)CC1CCc2cccc(OCCOCc3ccccc3)c2C1. The van der Waals surface area contributed by atoms with Crippen LogP contribution in [0.3, 0.4) is 0 Å². The highest BCUT2D eigenvalue weighted by atomic mass is 16.5. The van der Waals surface area contributed by atoms with Gasteiger partial charge in [-0.25, -0.2) is 0 Å². The van der Waals surface area contributed by atoms with E-state index < -0.39 is 5.97 Å². The molecule has 4 nitrogen and oxygen atoms in total. The maximum absolute atomic E-state index is 11.0. The van der Waals surface area contributed by atoms with Crippen molar-refractivity contribution in [2.75, 3.05) is 13.2 Å². The van der Waals surface area contributed by atoms with E-state index in [1.165, 1.54) is 11.1 Å². The van der Waals surface area contributed by atoms with Gasteiger partial charge in [0.05, 0.1) is 13.2 Å². The van der Waals surface area contributed by atoms with Crippen LogP contribution in [0.2, 0.25) is 0 Å². The lowest BCUT2D eigenvalue weighted by Crippen LogP contribution is -2.19. The predicted octanol–water partition coefficient (Wildman–Crippen LogP) is 3.86. The zero-order chi connectivity index (χ0) is 17.5. The van der Waals surface area contributed by atoms with Gasteiger partial charge in [-0.3, -0.25) is 4.79 Å². The summed E-state index contributed by atoms with van der Waals surface area (Å²) in [6.45, 7) is 1.60. The van der Waals surface area contributed by atoms with Gasteiger partial charge in [-0.05, 0) is 47.9 Å². The molecular weight excluding hydrogens is 316 g/mol. The molecule has 1 unspecified atom stereocenters. The summed E-state index contributed by atoms with van der Waals surface area (Å²) in [6.07, 6.45) is 2.87. The lowest BCUT2D eigenvalue weighted by atomic mass is 9.82. The van der Waals surface area contributed by atoms with Crippen LogP contribution in [0.25, 0.3) is 0 Å². The molecule has 1 atom stereocenters. The lowest BCUT2D eigenvalue weighted by Gasteiger charge is -2.25. The minimum atomic E-state index is -0.721. The van der Waals surface area contributed by atoms with E-state index in [4.69, 9.17) is 14.6 Å². The Kier molecular flexibility index (Phi) is 6.07. The average Bonchev–Trinajstić information content (AvgIpc) is 2.62. The molecule has 0 radical (unpaired) electrons. The Morgan fingerprint density at radius 1 is 1.08 bits per heavy atom. The molecule has 0 heterocycles. The third-order valence-electron chi connectivity index (χ3n) is 4.60. The molecule has 4 heteroatoms. The Balaban J connectivity index is 1.50. The fourth-order valence-corrected chi connectivity index (χ4v) is 3.36. The number of fused-ring (bicyclic) bond motifs is 1. The quantitative estimate of drug-likeness (QED) is 0.741. The van der Waals surface area contributed by atoms with Crippen molar-refractivity contribution in [3.05, 3.63) is 65.2 Å². The number of carboxylic acid groups (broad SMARTS) is 1. The number of ether oxygens (including phenoxy) is 2. The van der Waals surface area contributed by atoms with Crippen molar-refractivity contribution >= 4 is 5.97 Å². The van der Waals surface area contributed by atoms with Gasteiger partial charge in [0.15, 0.2) is 0 Å². The molecule has 0 saturated heterocycles. The van der Waals surface area contributed by atoms with Crippen LogP contribution in [0, 0.1) is 5.92 Å². The zero-order valence-corrected chi connectivity index (χ0v) is 14.3. The fourth-order valence-electron chi connectivity index (χ4n) is 3.36. The first kappa shape index (κ1) is 17.5. The first-order valence-electron chi connectivity index (χ1n) is 8.79. The normalized spacial score (nSPS) is 16.2. The summed E-state index contributed by atoms with van der Waals surface area (Å²) in [5, 5.41) is 9.03. The molecule has 132 valence electrons. The monoisotopic (exact) mass is 340 g/mol. The van der Waals surface area contributed by atoms with Crippen LogP contribution in [-0.2, 0) is 29.0 Å². The summed E-state index contributed by atoms with van der Waals surface area (Å²) in [4.78, 5) is 11.0. The lowest BCUT2D eigenvalue weighted by molar-refractivity contribution is -0.138. The molecule has 1 aliphatic carbocycles. The van der Waals surface area contributed by atoms with Crippen molar-refractivity contribution in [1.82, 2.24) is 0 Å². The zero-order valence-electron chi connectivity index (χ0n) is 14.3. The number of rotatable bonds is 8. The maximum atomic E-state index is 11.0. The number of hydrogen-bond donors (Lipinski definition) is 1. The smallest absolute Gasteiger partial charge is 0.303 e. The van der Waals surface area contributed by atoms with Crippen molar-refractivity contribution in [2.24, 2.45) is 5.92 Å². The van der Waals surface area contributed by atoms with E-state index in [0.717, 1.165) is 30.6 Å². The fraction of sp³-hybridized carbons (Fsp3) is 0.381. The number of carbonyl (C=O) groups is 1. The summed E-state index contributed by atoms with van der Waals surface area (Å²) in [6, 6.07) is 16.2. The van der Waals surface area contributed by atoms with Crippen molar-refractivity contribution in [3.8, 4) is 5.75 Å². The van der Waals surface area contributed by atoms with Crippen molar-refractivity contribution in [2.45, 2.75) is 32.3 Å². The number of carboxylic acids is 1. The van der Waals surface area contributed by atoms with Crippen LogP contribution in [0.4, 0.5) is 0 Å². The molecule has 2 aromatic carbocycles. The number of aliphatic carboxylic acids is 1. The van der Waals surface area contributed by atoms with E-state index in [-0.39, 0.29) is 12.3 Å². The van der Waals surface area contributed by atoms with E-state index in [0.29, 0.717) is 19.8 Å². The molecular formula is C21H24O4. The number of aryl methyl sites for hydroxylation is 1. The van der Waals surface area contributed by atoms with Gasteiger partial charge in [0.25, 0.3) is 0 Å². The molecule has 25 heavy (non-hydrogen) atoms. The predicted molar refractivity (Wildman–Crippen MR) is 95.8 cm³/mol. The Bertz CT molecular complexity index is 696. The minimum Gasteiger partial charge on any atom is -0.491 e. The second-order valence-corrected chi connectivity index (χ2v) is 6.49. The molecule has 0 amide bonds. The molecule has 0 aromatic heterocycles. The van der Waals surface area contributed by atoms with Gasteiger partial charge in [0.1, 0.15) is 12.4 Å². The van der Waals surface area contributed by atoms with Gasteiger partial charge in [0.2, 0.25) is 0 Å². The van der Waals surface area contributed by atoms with Crippen LogP contribution in [0.1, 0.15) is 29.5 Å². The van der Waals surface area contributed by atoms with Gasteiger partial charge in [-0.1, -0.05) is 42.5 Å². The molecule has 0 spiro atoms. The van der Waals surface area contributed by atoms with Crippen molar-refractivity contribution in [1.29, 1.82) is 0 Å². The Hall–Kier alpha value is -2.33. The summed E-state index contributed by atoms with van der Waals surface area (Å²) in [7, 11) is 0. The van der Waals surface area contributed by atoms with Crippen LogP contribution in [0.15, 0.2) is 48.5 Å². The highest BCUT2D eigenvalue weighted by Crippen LogP contribution is 2.33. The Morgan fingerprint density at radius 2 is 1.92 bits per heavy atom. The van der Waals surface area contributed by atoms with Crippen molar-refractivity contribution < 1.29 is 19.4 Å². The van der Waals surface area contributed by atoms with Gasteiger partial charge in [-0.2, -0.15) is 0 Å². The summed E-state index contributed by atoms with van der Waals surface area (Å²) in [5.41, 5.74) is 3.60. The highest BCUT2D eigenvalue weighted by Gasteiger charge is 2.23. The first-order valence-corrected chi connectivity index (χ1v) is 8.79. The molecule has 1 aliphatic rings. The topological polar surface area (TPSA) is 55.8 Å². The second-order valence-electron chi connectivity index (χ2n) is 6.49. The molecule has 0 bridgehead atoms. The summed E-state index contributed by atoms with van der Waals surface area (Å²) in [5.74, 6) is 0.348. The third-order valence-corrected chi connectivity index (χ3v) is 4.60. The average molecular weight is 340 g/mol. The van der Waals surface area contributed by atoms with Gasteiger partial charge >= 0.3 is 5.97 Å². The Morgan fingerprint density at radius 3 is 2.72 bits per heavy atom. The molecule has 0 saturated carbocycles. The van der Waals surface area contributed by atoms with Gasteiger partial charge in [-0.15, -0.1) is 0 Å². The molecule has 3 rings (SSSR count). The minimum absolute atomic E-state index is 0.198. The van der Waals surface area contributed by atoms with E-state index >= 15 is 0 Å². The van der Waals surface area contributed by atoms with E-state index in [9.17, 15) is 4.79 Å². The number of benzene rings is 2. The summed E-state index contributed by atoms with van der Waals surface area (Å²) >= 11 is 0. The molecule has 2 aromatic rings. The molecule has 0 fully saturated rings. The molecule has 0 aliphatic heterocycles. The number of hydrogen-bond acceptors (Lipinski definition) is 3. The maximum Gasteiger partial charge on any atom is 0.303 e. The molecule has 1 N–H and O–H groups in total. The second kappa shape index (κ2) is 8.67.